The lowest BCUT2D eigenvalue weighted by Gasteiger charge is -2.10. The summed E-state index contributed by atoms with van der Waals surface area (Å²) in [5.74, 6) is -1.42. The van der Waals surface area contributed by atoms with Crippen LogP contribution in [0.3, 0.4) is 0 Å². The van der Waals surface area contributed by atoms with Crippen molar-refractivity contribution in [3.63, 3.8) is 0 Å². The van der Waals surface area contributed by atoms with Crippen LogP contribution >= 0.6 is 0 Å². The molecule has 0 saturated carbocycles. The monoisotopic (exact) mass is 289 g/mol. The normalized spacial score (nSPS) is 11.6. The SMILES string of the molecule is CC(C)NC(=O)CNS(=O)(=O)c1cc(N)ccc1F. The molecule has 8 heteroatoms. The van der Waals surface area contributed by atoms with Gasteiger partial charge in [-0.2, -0.15) is 0 Å². The van der Waals surface area contributed by atoms with Gasteiger partial charge in [-0.25, -0.2) is 17.5 Å². The van der Waals surface area contributed by atoms with E-state index < -0.39 is 33.2 Å². The minimum absolute atomic E-state index is 0.110. The van der Waals surface area contributed by atoms with E-state index in [1.165, 1.54) is 6.07 Å². The number of nitrogens with one attached hydrogen (secondary N) is 2. The second-order valence-corrected chi connectivity index (χ2v) is 5.97. The summed E-state index contributed by atoms with van der Waals surface area (Å²) in [7, 11) is -4.11. The van der Waals surface area contributed by atoms with Gasteiger partial charge < -0.3 is 11.1 Å². The highest BCUT2D eigenvalue weighted by Crippen LogP contribution is 2.17. The van der Waals surface area contributed by atoms with E-state index in [1.54, 1.807) is 13.8 Å². The summed E-state index contributed by atoms with van der Waals surface area (Å²) < 4.78 is 39.1. The van der Waals surface area contributed by atoms with Crippen LogP contribution in [0, 0.1) is 5.82 Å². The van der Waals surface area contributed by atoms with Gasteiger partial charge in [-0.15, -0.1) is 0 Å². The third-order valence-corrected chi connectivity index (χ3v) is 3.53. The van der Waals surface area contributed by atoms with Gasteiger partial charge in [0.15, 0.2) is 0 Å². The number of benzene rings is 1. The number of carbonyl (C=O) groups excluding carboxylic acids is 1. The Morgan fingerprint density at radius 3 is 2.63 bits per heavy atom. The smallest absolute Gasteiger partial charge is 0.244 e. The average Bonchev–Trinajstić information content (AvgIpc) is 2.29. The predicted octanol–water partition coefficient (Wildman–Crippen LogP) is 0.211. The lowest BCUT2D eigenvalue weighted by atomic mass is 10.3. The van der Waals surface area contributed by atoms with Crippen LogP contribution in [0.4, 0.5) is 10.1 Å². The molecule has 0 fully saturated rings. The first-order chi connectivity index (χ1) is 8.72. The number of nitrogens with two attached hydrogens (primary N) is 1. The summed E-state index contributed by atoms with van der Waals surface area (Å²) in [4.78, 5) is 10.7. The molecule has 0 atom stereocenters. The zero-order chi connectivity index (χ0) is 14.6. The van der Waals surface area contributed by atoms with Gasteiger partial charge in [0, 0.05) is 11.7 Å². The van der Waals surface area contributed by atoms with Crippen LogP contribution in [0.1, 0.15) is 13.8 Å². The molecule has 0 aliphatic carbocycles. The average molecular weight is 289 g/mol. The van der Waals surface area contributed by atoms with E-state index in [9.17, 15) is 17.6 Å². The molecule has 106 valence electrons. The molecular formula is C11H16FN3O3S. The molecule has 0 aliphatic rings. The summed E-state index contributed by atoms with van der Waals surface area (Å²) in [6, 6.07) is 3.09. The van der Waals surface area contributed by atoms with Crippen LogP contribution in [0.2, 0.25) is 0 Å². The third kappa shape index (κ3) is 4.49. The van der Waals surface area contributed by atoms with Crippen molar-refractivity contribution in [1.29, 1.82) is 0 Å². The number of nitrogen functional groups attached to an aromatic ring is 1. The summed E-state index contributed by atoms with van der Waals surface area (Å²) in [6.07, 6.45) is 0. The first-order valence-corrected chi connectivity index (χ1v) is 7.05. The lowest BCUT2D eigenvalue weighted by Crippen LogP contribution is -2.39. The Bertz CT molecular complexity index is 573. The van der Waals surface area contributed by atoms with Crippen molar-refractivity contribution >= 4 is 21.6 Å². The van der Waals surface area contributed by atoms with Gasteiger partial charge in [-0.3, -0.25) is 4.79 Å². The van der Waals surface area contributed by atoms with E-state index >= 15 is 0 Å². The molecule has 0 aromatic heterocycles. The number of carbonyl (C=O) groups is 1. The molecule has 0 radical (unpaired) electrons. The van der Waals surface area contributed by atoms with Gasteiger partial charge in [0.2, 0.25) is 15.9 Å². The summed E-state index contributed by atoms with van der Waals surface area (Å²) >= 11 is 0. The number of sulfonamides is 1. The van der Waals surface area contributed by atoms with Gasteiger partial charge in [0.1, 0.15) is 10.7 Å². The maximum absolute atomic E-state index is 13.4. The van der Waals surface area contributed by atoms with Crippen molar-refractivity contribution in [2.75, 3.05) is 12.3 Å². The Morgan fingerprint density at radius 2 is 2.05 bits per heavy atom. The first-order valence-electron chi connectivity index (χ1n) is 5.56. The number of rotatable bonds is 5. The van der Waals surface area contributed by atoms with Crippen molar-refractivity contribution in [1.82, 2.24) is 10.0 Å². The van der Waals surface area contributed by atoms with Gasteiger partial charge in [0.25, 0.3) is 0 Å². The minimum atomic E-state index is -4.11. The van der Waals surface area contributed by atoms with Crippen LogP contribution in [-0.4, -0.2) is 26.9 Å². The van der Waals surface area contributed by atoms with Crippen LogP contribution in [0.25, 0.3) is 0 Å². The van der Waals surface area contributed by atoms with E-state index in [2.05, 4.69) is 5.32 Å². The molecule has 0 aliphatic heterocycles. The highest BCUT2D eigenvalue weighted by molar-refractivity contribution is 7.89. The third-order valence-electron chi connectivity index (χ3n) is 2.12. The standard InChI is InChI=1S/C11H16FN3O3S/c1-7(2)15-11(16)6-14-19(17,18)10-5-8(13)3-4-9(10)12/h3-5,7,14H,6,13H2,1-2H3,(H,15,16). The quantitative estimate of drug-likeness (QED) is 0.674. The lowest BCUT2D eigenvalue weighted by molar-refractivity contribution is -0.120. The fraction of sp³-hybridized carbons (Fsp3) is 0.364. The molecule has 6 nitrogen and oxygen atoms in total. The highest BCUT2D eigenvalue weighted by atomic mass is 32.2. The number of hydrogen-bond donors (Lipinski definition) is 3. The number of halogens is 1. The van der Waals surface area contributed by atoms with Crippen molar-refractivity contribution in [3.05, 3.63) is 24.0 Å². The number of hydrogen-bond acceptors (Lipinski definition) is 4. The minimum Gasteiger partial charge on any atom is -0.399 e. The van der Waals surface area contributed by atoms with Crippen molar-refractivity contribution in [3.8, 4) is 0 Å². The van der Waals surface area contributed by atoms with Crippen molar-refractivity contribution in [2.45, 2.75) is 24.8 Å². The second kappa shape index (κ2) is 5.98. The maximum atomic E-state index is 13.4. The highest BCUT2D eigenvalue weighted by Gasteiger charge is 2.20. The molecule has 19 heavy (non-hydrogen) atoms. The largest absolute Gasteiger partial charge is 0.399 e. The van der Waals surface area contributed by atoms with E-state index in [1.807, 2.05) is 4.72 Å². The van der Waals surface area contributed by atoms with E-state index in [0.29, 0.717) is 0 Å². The van der Waals surface area contributed by atoms with Crippen LogP contribution in [-0.2, 0) is 14.8 Å². The van der Waals surface area contributed by atoms with E-state index in [-0.39, 0.29) is 11.7 Å². The molecule has 1 aromatic carbocycles. The molecule has 1 rings (SSSR count). The zero-order valence-electron chi connectivity index (χ0n) is 10.6. The Balaban J connectivity index is 2.82. The van der Waals surface area contributed by atoms with Gasteiger partial charge in [-0.1, -0.05) is 0 Å². The van der Waals surface area contributed by atoms with Gasteiger partial charge >= 0.3 is 0 Å². The zero-order valence-corrected chi connectivity index (χ0v) is 11.4. The first kappa shape index (κ1) is 15.4. The summed E-state index contributed by atoms with van der Waals surface area (Å²) in [5, 5.41) is 2.51. The molecular weight excluding hydrogens is 273 g/mol. The Morgan fingerprint density at radius 1 is 1.42 bits per heavy atom. The molecule has 0 bridgehead atoms. The van der Waals surface area contributed by atoms with Crippen LogP contribution < -0.4 is 15.8 Å². The molecule has 4 N–H and O–H groups in total. The Kier molecular flexibility index (Phi) is 4.84. The molecule has 1 amide bonds. The van der Waals surface area contributed by atoms with Crippen molar-refractivity contribution in [2.24, 2.45) is 0 Å². The van der Waals surface area contributed by atoms with Crippen molar-refractivity contribution < 1.29 is 17.6 Å². The summed E-state index contributed by atoms with van der Waals surface area (Å²) in [6.45, 7) is 3.02. The summed E-state index contributed by atoms with van der Waals surface area (Å²) in [5.41, 5.74) is 5.53. The molecule has 1 aromatic rings. The van der Waals surface area contributed by atoms with Crippen LogP contribution in [0.5, 0.6) is 0 Å². The number of anilines is 1. The Hall–Kier alpha value is -1.67. The molecule has 0 unspecified atom stereocenters. The topological polar surface area (TPSA) is 101 Å². The predicted molar refractivity (Wildman–Crippen MR) is 69.3 cm³/mol. The molecule has 0 heterocycles. The van der Waals surface area contributed by atoms with E-state index in [0.717, 1.165) is 12.1 Å². The molecule has 0 spiro atoms. The second-order valence-electron chi connectivity index (χ2n) is 4.24. The Labute approximate surface area is 111 Å². The van der Waals surface area contributed by atoms with E-state index in [4.69, 9.17) is 5.73 Å². The maximum Gasteiger partial charge on any atom is 0.244 e. The van der Waals surface area contributed by atoms with Gasteiger partial charge in [0.05, 0.1) is 6.54 Å². The fourth-order valence-electron chi connectivity index (χ4n) is 1.34. The van der Waals surface area contributed by atoms with Gasteiger partial charge in [-0.05, 0) is 32.0 Å². The molecule has 0 saturated heterocycles. The van der Waals surface area contributed by atoms with Crippen LogP contribution in [0.15, 0.2) is 23.1 Å². The number of amides is 1. The fourth-order valence-corrected chi connectivity index (χ4v) is 2.43.